The summed E-state index contributed by atoms with van der Waals surface area (Å²) in [7, 11) is 0. The number of nitrogens with one attached hydrogen (secondary N) is 1. The van der Waals surface area contributed by atoms with E-state index < -0.39 is 0 Å². The van der Waals surface area contributed by atoms with Crippen LogP contribution in [0.5, 0.6) is 0 Å². The van der Waals surface area contributed by atoms with Crippen molar-refractivity contribution in [2.24, 2.45) is 16.8 Å². The van der Waals surface area contributed by atoms with Crippen LogP contribution in [-0.2, 0) is 6.42 Å². The van der Waals surface area contributed by atoms with E-state index >= 15 is 0 Å². The molecule has 0 radical (unpaired) electrons. The fraction of sp³-hybridized carbons (Fsp3) is 0.292. The third-order valence-electron chi connectivity index (χ3n) is 4.54. The Hall–Kier alpha value is -2.65. The normalized spacial score (nSPS) is 18.4. The number of rotatable bonds is 4. The summed E-state index contributed by atoms with van der Waals surface area (Å²) < 4.78 is 0. The Morgan fingerprint density at radius 3 is 2.63 bits per heavy atom. The van der Waals surface area contributed by atoms with Crippen molar-refractivity contribution < 1.29 is 0 Å². The van der Waals surface area contributed by atoms with Crippen LogP contribution in [0.2, 0.25) is 0 Å². The Kier molecular flexibility index (Phi) is 7.56. The average Bonchev–Trinajstić information content (AvgIpc) is 2.65. The molecule has 1 heterocycles. The molecule has 0 fully saturated rings. The van der Waals surface area contributed by atoms with Gasteiger partial charge in [-0.05, 0) is 66.6 Å². The van der Waals surface area contributed by atoms with E-state index in [1.54, 1.807) is 0 Å². The Balaban J connectivity index is 0.000000817. The van der Waals surface area contributed by atoms with E-state index in [1.165, 1.54) is 27.8 Å². The summed E-state index contributed by atoms with van der Waals surface area (Å²) in [6.07, 6.45) is 12.4. The molecule has 27 heavy (non-hydrogen) atoms. The van der Waals surface area contributed by atoms with Crippen LogP contribution in [0.25, 0.3) is 5.57 Å². The predicted octanol–water partition coefficient (Wildman–Crippen LogP) is 5.07. The van der Waals surface area contributed by atoms with Gasteiger partial charge in [0.2, 0.25) is 0 Å². The van der Waals surface area contributed by atoms with Gasteiger partial charge in [0.1, 0.15) is 0 Å². The van der Waals surface area contributed by atoms with Gasteiger partial charge in [-0.15, -0.1) is 6.58 Å². The summed E-state index contributed by atoms with van der Waals surface area (Å²) in [6.45, 7) is 14.8. The van der Waals surface area contributed by atoms with Crippen LogP contribution in [0.1, 0.15) is 37.0 Å². The molecule has 0 bridgehead atoms. The zero-order valence-corrected chi connectivity index (χ0v) is 16.8. The summed E-state index contributed by atoms with van der Waals surface area (Å²) >= 11 is 0. The molecule has 1 unspecified atom stereocenters. The lowest BCUT2D eigenvalue weighted by atomic mass is 9.83. The van der Waals surface area contributed by atoms with Gasteiger partial charge in [-0.3, -0.25) is 5.43 Å². The number of hydrazone groups is 1. The maximum atomic E-state index is 4.85. The Morgan fingerprint density at radius 1 is 1.30 bits per heavy atom. The molecule has 2 aliphatic rings. The van der Waals surface area contributed by atoms with E-state index in [-0.39, 0.29) is 0 Å². The standard InChI is InChI=1S/C22H24N2.C2H7N/c1-5-6-18-9-10-19(14-16(18)3)21-13-15(2)7-11-20(21)22-12-8-17(4)23-24-22;1-2-3/h5,7-12,14-15,23H,1,4,6,13H2,2-3H3;2-3H2,1H3. The fourth-order valence-corrected chi connectivity index (χ4v) is 3.18. The molecular formula is C24H31N3. The van der Waals surface area contributed by atoms with E-state index in [0.717, 1.165) is 30.8 Å². The SMILES string of the molecule is C=CCc1ccc(C2=C(C3=NNC(=C)C=C3)C=CC(C)C2)cc1C.CCN. The van der Waals surface area contributed by atoms with Crippen molar-refractivity contribution in [1.29, 1.82) is 0 Å². The van der Waals surface area contributed by atoms with Gasteiger partial charge >= 0.3 is 0 Å². The molecule has 1 aromatic carbocycles. The second kappa shape index (κ2) is 9.89. The third kappa shape index (κ3) is 5.41. The van der Waals surface area contributed by atoms with E-state index in [0.29, 0.717) is 5.92 Å². The first-order valence-electron chi connectivity index (χ1n) is 9.53. The molecule has 3 rings (SSSR count). The summed E-state index contributed by atoms with van der Waals surface area (Å²) in [5.74, 6) is 0.535. The van der Waals surface area contributed by atoms with Gasteiger partial charge in [-0.25, -0.2) is 0 Å². The van der Waals surface area contributed by atoms with Crippen molar-refractivity contribution >= 4 is 11.3 Å². The molecule has 1 atom stereocenters. The second-order valence-electron chi connectivity index (χ2n) is 6.94. The van der Waals surface area contributed by atoms with Crippen molar-refractivity contribution in [3.05, 3.63) is 89.7 Å². The third-order valence-corrected chi connectivity index (χ3v) is 4.54. The quantitative estimate of drug-likeness (QED) is 0.736. The van der Waals surface area contributed by atoms with Crippen molar-refractivity contribution in [3.8, 4) is 0 Å². The first-order chi connectivity index (χ1) is 13.0. The zero-order chi connectivity index (χ0) is 19.8. The molecule has 0 amide bonds. The van der Waals surface area contributed by atoms with Crippen LogP contribution in [0, 0.1) is 12.8 Å². The van der Waals surface area contributed by atoms with E-state index in [1.807, 2.05) is 25.2 Å². The predicted molar refractivity (Wildman–Crippen MR) is 119 cm³/mol. The second-order valence-corrected chi connectivity index (χ2v) is 6.94. The largest absolute Gasteiger partial charge is 0.331 e. The number of nitrogens with zero attached hydrogens (tertiary/aromatic N) is 1. The van der Waals surface area contributed by atoms with Gasteiger partial charge in [0.05, 0.1) is 5.71 Å². The molecule has 0 aromatic heterocycles. The number of nitrogens with two attached hydrogens (primary N) is 1. The molecule has 0 saturated carbocycles. The van der Waals surface area contributed by atoms with Crippen molar-refractivity contribution in [3.63, 3.8) is 0 Å². The number of hydrogen-bond acceptors (Lipinski definition) is 3. The molecule has 3 N–H and O–H groups in total. The van der Waals surface area contributed by atoms with Crippen molar-refractivity contribution in [2.45, 2.75) is 33.6 Å². The van der Waals surface area contributed by atoms with Gasteiger partial charge in [0.25, 0.3) is 0 Å². The van der Waals surface area contributed by atoms with Gasteiger partial charge in [-0.2, -0.15) is 5.10 Å². The Morgan fingerprint density at radius 2 is 2.04 bits per heavy atom. The lowest BCUT2D eigenvalue weighted by Gasteiger charge is -2.22. The summed E-state index contributed by atoms with van der Waals surface area (Å²) in [5, 5.41) is 4.46. The Labute approximate surface area is 163 Å². The maximum Gasteiger partial charge on any atom is 0.0909 e. The number of aryl methyl sites for hydroxylation is 1. The molecule has 1 aliphatic heterocycles. The van der Waals surface area contributed by atoms with Gasteiger partial charge < -0.3 is 5.73 Å². The smallest absolute Gasteiger partial charge is 0.0909 e. The summed E-state index contributed by atoms with van der Waals surface area (Å²) in [4.78, 5) is 0. The molecule has 3 heteroatoms. The number of hydrogen-bond donors (Lipinski definition) is 2. The van der Waals surface area contributed by atoms with Gasteiger partial charge in [0, 0.05) is 11.3 Å². The number of allylic oxidation sites excluding steroid dienone is 7. The molecule has 0 saturated heterocycles. The summed E-state index contributed by atoms with van der Waals surface area (Å²) in [5.41, 5.74) is 16.1. The highest BCUT2D eigenvalue weighted by Gasteiger charge is 2.19. The lowest BCUT2D eigenvalue weighted by Crippen LogP contribution is -2.16. The number of benzene rings is 1. The zero-order valence-electron chi connectivity index (χ0n) is 16.8. The highest BCUT2D eigenvalue weighted by atomic mass is 15.3. The average molecular weight is 362 g/mol. The van der Waals surface area contributed by atoms with Crippen LogP contribution >= 0.6 is 0 Å². The van der Waals surface area contributed by atoms with Crippen molar-refractivity contribution in [2.75, 3.05) is 6.54 Å². The van der Waals surface area contributed by atoms with E-state index in [2.05, 4.69) is 67.9 Å². The minimum atomic E-state index is 0.535. The molecule has 1 aliphatic carbocycles. The first-order valence-corrected chi connectivity index (χ1v) is 9.53. The fourth-order valence-electron chi connectivity index (χ4n) is 3.18. The monoisotopic (exact) mass is 361 g/mol. The topological polar surface area (TPSA) is 50.4 Å². The Bertz CT molecular complexity index is 822. The highest BCUT2D eigenvalue weighted by molar-refractivity contribution is 6.15. The van der Waals surface area contributed by atoms with E-state index in [4.69, 9.17) is 5.73 Å². The van der Waals surface area contributed by atoms with Crippen LogP contribution in [-0.4, -0.2) is 12.3 Å². The minimum absolute atomic E-state index is 0.535. The molecule has 0 spiro atoms. The van der Waals surface area contributed by atoms with Gasteiger partial charge in [-0.1, -0.05) is 56.9 Å². The molecular weight excluding hydrogens is 330 g/mol. The summed E-state index contributed by atoms with van der Waals surface area (Å²) in [6, 6.07) is 6.74. The molecule has 1 aromatic rings. The lowest BCUT2D eigenvalue weighted by molar-refractivity contribution is 0.746. The van der Waals surface area contributed by atoms with Crippen LogP contribution < -0.4 is 11.2 Å². The van der Waals surface area contributed by atoms with E-state index in [9.17, 15) is 0 Å². The highest BCUT2D eigenvalue weighted by Crippen LogP contribution is 2.33. The molecule has 3 nitrogen and oxygen atoms in total. The van der Waals surface area contributed by atoms with Crippen LogP contribution in [0.4, 0.5) is 0 Å². The van der Waals surface area contributed by atoms with Crippen molar-refractivity contribution in [1.82, 2.24) is 5.43 Å². The first kappa shape index (κ1) is 20.7. The molecule has 142 valence electrons. The maximum absolute atomic E-state index is 4.85. The minimum Gasteiger partial charge on any atom is -0.331 e. The van der Waals surface area contributed by atoms with Crippen LogP contribution in [0.3, 0.4) is 0 Å². The van der Waals surface area contributed by atoms with Gasteiger partial charge in [0.15, 0.2) is 0 Å². The van der Waals surface area contributed by atoms with Crippen LogP contribution in [0.15, 0.2) is 78.1 Å².